The third-order valence-electron chi connectivity index (χ3n) is 7.20. The standard InChI is InChI=1S/C23H35N3O3S/c1-18-9-10-22(19(2)16-18)30(28,29)25-14-12-24(13-15-25)17-23(27)26-11-5-7-20-6-3-4-8-21(20)26/h9-10,16,20-21H,3-8,11-15,17H2,1-2H3/t20-,21+/m1/s1. The third kappa shape index (κ3) is 4.43. The lowest BCUT2D eigenvalue weighted by atomic mass is 9.78. The first-order valence-electron chi connectivity index (χ1n) is 11.5. The average molecular weight is 434 g/mol. The van der Waals surface area contributed by atoms with Crippen molar-refractivity contribution in [2.24, 2.45) is 5.92 Å². The summed E-state index contributed by atoms with van der Waals surface area (Å²) in [5, 5.41) is 0. The molecule has 0 unspecified atom stereocenters. The van der Waals surface area contributed by atoms with Crippen molar-refractivity contribution in [3.05, 3.63) is 29.3 Å². The molecule has 7 heteroatoms. The van der Waals surface area contributed by atoms with Gasteiger partial charge < -0.3 is 4.90 Å². The summed E-state index contributed by atoms with van der Waals surface area (Å²) in [4.78, 5) is 17.7. The molecule has 30 heavy (non-hydrogen) atoms. The van der Waals surface area contributed by atoms with Crippen molar-refractivity contribution in [2.45, 2.75) is 63.3 Å². The number of nitrogens with zero attached hydrogens (tertiary/aromatic N) is 3. The first-order valence-corrected chi connectivity index (χ1v) is 12.9. The molecule has 4 rings (SSSR count). The predicted molar refractivity (Wildman–Crippen MR) is 118 cm³/mol. The number of sulfonamides is 1. The van der Waals surface area contributed by atoms with Crippen molar-refractivity contribution in [1.29, 1.82) is 0 Å². The second-order valence-corrected chi connectivity index (χ2v) is 11.2. The number of hydrogen-bond donors (Lipinski definition) is 0. The van der Waals surface area contributed by atoms with Gasteiger partial charge in [0.2, 0.25) is 15.9 Å². The number of piperidine rings is 1. The second kappa shape index (κ2) is 8.97. The van der Waals surface area contributed by atoms with Gasteiger partial charge in [0, 0.05) is 38.8 Å². The summed E-state index contributed by atoms with van der Waals surface area (Å²) in [6.45, 7) is 7.23. The van der Waals surface area contributed by atoms with E-state index in [4.69, 9.17) is 0 Å². The number of piperazine rings is 1. The van der Waals surface area contributed by atoms with Gasteiger partial charge in [0.1, 0.15) is 0 Å². The van der Waals surface area contributed by atoms with Crippen LogP contribution in [0, 0.1) is 19.8 Å². The van der Waals surface area contributed by atoms with Crippen LogP contribution < -0.4 is 0 Å². The van der Waals surface area contributed by atoms with E-state index in [0.29, 0.717) is 49.6 Å². The molecule has 2 saturated heterocycles. The van der Waals surface area contributed by atoms with Crippen molar-refractivity contribution < 1.29 is 13.2 Å². The van der Waals surface area contributed by atoms with E-state index in [0.717, 1.165) is 30.5 Å². The zero-order chi connectivity index (χ0) is 21.3. The molecule has 6 nitrogen and oxygen atoms in total. The molecule has 2 atom stereocenters. The minimum Gasteiger partial charge on any atom is -0.338 e. The Morgan fingerprint density at radius 3 is 2.40 bits per heavy atom. The van der Waals surface area contributed by atoms with Crippen molar-refractivity contribution in [1.82, 2.24) is 14.1 Å². The minimum atomic E-state index is -3.49. The molecule has 1 aromatic rings. The van der Waals surface area contributed by atoms with Crippen LogP contribution in [-0.4, -0.2) is 73.7 Å². The molecule has 166 valence electrons. The zero-order valence-electron chi connectivity index (χ0n) is 18.3. The van der Waals surface area contributed by atoms with Crippen LogP contribution in [0.2, 0.25) is 0 Å². The molecule has 1 aromatic carbocycles. The normalized spacial score (nSPS) is 26.4. The molecular weight excluding hydrogens is 398 g/mol. The monoisotopic (exact) mass is 433 g/mol. The summed E-state index contributed by atoms with van der Waals surface area (Å²) in [5.74, 6) is 0.925. The van der Waals surface area contributed by atoms with Crippen LogP contribution in [0.25, 0.3) is 0 Å². The molecule has 0 aromatic heterocycles. The highest BCUT2D eigenvalue weighted by molar-refractivity contribution is 7.89. The van der Waals surface area contributed by atoms with Crippen LogP contribution in [0.5, 0.6) is 0 Å². The summed E-state index contributed by atoms with van der Waals surface area (Å²) < 4.78 is 27.7. The Kier molecular flexibility index (Phi) is 6.51. The number of aryl methyl sites for hydroxylation is 2. The molecule has 0 spiro atoms. The lowest BCUT2D eigenvalue weighted by Gasteiger charge is -2.45. The summed E-state index contributed by atoms with van der Waals surface area (Å²) in [7, 11) is -3.49. The van der Waals surface area contributed by atoms with Gasteiger partial charge in [-0.1, -0.05) is 30.5 Å². The van der Waals surface area contributed by atoms with Crippen molar-refractivity contribution >= 4 is 15.9 Å². The average Bonchev–Trinajstić information content (AvgIpc) is 2.73. The topological polar surface area (TPSA) is 60.9 Å². The summed E-state index contributed by atoms with van der Waals surface area (Å²) in [6, 6.07) is 5.92. The van der Waals surface area contributed by atoms with Gasteiger partial charge >= 0.3 is 0 Å². The number of hydrogen-bond acceptors (Lipinski definition) is 4. The van der Waals surface area contributed by atoms with Crippen molar-refractivity contribution in [3.8, 4) is 0 Å². The Morgan fingerprint density at radius 1 is 0.967 bits per heavy atom. The maximum atomic E-state index is 13.1. The van der Waals surface area contributed by atoms with Crippen LogP contribution in [-0.2, 0) is 14.8 Å². The van der Waals surface area contributed by atoms with E-state index >= 15 is 0 Å². The number of carbonyl (C=O) groups is 1. The maximum Gasteiger partial charge on any atom is 0.243 e. The molecule has 3 aliphatic rings. The Bertz CT molecular complexity index is 876. The SMILES string of the molecule is Cc1ccc(S(=O)(=O)N2CCN(CC(=O)N3CCC[C@H]4CCCC[C@@H]43)CC2)c(C)c1. The lowest BCUT2D eigenvalue weighted by Crippen LogP contribution is -2.55. The summed E-state index contributed by atoms with van der Waals surface area (Å²) >= 11 is 0. The highest BCUT2D eigenvalue weighted by atomic mass is 32.2. The molecule has 2 aliphatic heterocycles. The fourth-order valence-corrected chi connectivity index (χ4v) is 7.20. The Balaban J connectivity index is 1.35. The van der Waals surface area contributed by atoms with Gasteiger partial charge in [0.25, 0.3) is 0 Å². The van der Waals surface area contributed by atoms with Crippen LogP contribution in [0.3, 0.4) is 0 Å². The van der Waals surface area contributed by atoms with Crippen molar-refractivity contribution in [3.63, 3.8) is 0 Å². The highest BCUT2D eigenvalue weighted by Gasteiger charge is 2.37. The Hall–Kier alpha value is -1.44. The summed E-state index contributed by atoms with van der Waals surface area (Å²) in [5.41, 5.74) is 1.85. The van der Waals surface area contributed by atoms with E-state index in [9.17, 15) is 13.2 Å². The van der Waals surface area contributed by atoms with Gasteiger partial charge in [-0.3, -0.25) is 9.69 Å². The molecule has 0 radical (unpaired) electrons. The van der Waals surface area contributed by atoms with E-state index in [1.165, 1.54) is 25.7 Å². The van der Waals surface area contributed by atoms with E-state index in [2.05, 4.69) is 9.80 Å². The van der Waals surface area contributed by atoms with E-state index in [1.807, 2.05) is 26.0 Å². The van der Waals surface area contributed by atoms with Crippen molar-refractivity contribution in [2.75, 3.05) is 39.3 Å². The van der Waals surface area contributed by atoms with Gasteiger partial charge in [-0.05, 0) is 57.1 Å². The quantitative estimate of drug-likeness (QED) is 0.733. The molecule has 1 amide bonds. The molecule has 3 fully saturated rings. The molecule has 1 saturated carbocycles. The van der Waals surface area contributed by atoms with E-state index < -0.39 is 10.0 Å². The van der Waals surface area contributed by atoms with Crippen LogP contribution in [0.15, 0.2) is 23.1 Å². The molecule has 0 N–H and O–H groups in total. The summed E-state index contributed by atoms with van der Waals surface area (Å²) in [6.07, 6.45) is 7.35. The zero-order valence-corrected chi connectivity index (χ0v) is 19.2. The largest absolute Gasteiger partial charge is 0.338 e. The molecule has 1 aliphatic carbocycles. The van der Waals surface area contributed by atoms with Gasteiger partial charge in [-0.2, -0.15) is 4.31 Å². The third-order valence-corrected chi connectivity index (χ3v) is 9.26. The Labute approximate surface area is 181 Å². The number of benzene rings is 1. The van der Waals surface area contributed by atoms with Gasteiger partial charge in [-0.15, -0.1) is 0 Å². The maximum absolute atomic E-state index is 13.1. The number of amides is 1. The smallest absolute Gasteiger partial charge is 0.243 e. The first kappa shape index (κ1) is 21.8. The van der Waals surface area contributed by atoms with Crippen LogP contribution in [0.1, 0.15) is 49.7 Å². The van der Waals surface area contributed by atoms with Gasteiger partial charge in [0.05, 0.1) is 11.4 Å². The number of rotatable bonds is 4. The molecule has 0 bridgehead atoms. The van der Waals surface area contributed by atoms with E-state index in [1.54, 1.807) is 10.4 Å². The number of likely N-dealkylation sites (tertiary alicyclic amines) is 1. The molecular formula is C23H35N3O3S. The fraction of sp³-hybridized carbons (Fsp3) is 0.696. The highest BCUT2D eigenvalue weighted by Crippen LogP contribution is 2.35. The Morgan fingerprint density at radius 2 is 1.67 bits per heavy atom. The van der Waals surface area contributed by atoms with E-state index in [-0.39, 0.29) is 5.91 Å². The first-order chi connectivity index (χ1) is 14.4. The number of carbonyl (C=O) groups excluding carboxylic acids is 1. The van der Waals surface area contributed by atoms with Gasteiger partial charge in [-0.25, -0.2) is 8.42 Å². The fourth-order valence-electron chi connectivity index (χ4n) is 5.57. The lowest BCUT2D eigenvalue weighted by molar-refractivity contribution is -0.139. The minimum absolute atomic E-state index is 0.234. The number of fused-ring (bicyclic) bond motifs is 1. The second-order valence-electron chi connectivity index (χ2n) is 9.29. The van der Waals surface area contributed by atoms with Crippen LogP contribution in [0.4, 0.5) is 0 Å². The van der Waals surface area contributed by atoms with Gasteiger partial charge in [0.15, 0.2) is 0 Å². The molecule has 2 heterocycles. The predicted octanol–water partition coefficient (Wildman–Crippen LogP) is 2.79. The van der Waals surface area contributed by atoms with Crippen LogP contribution >= 0.6 is 0 Å².